The van der Waals surface area contributed by atoms with Gasteiger partial charge in [-0.1, -0.05) is 30.3 Å². The lowest BCUT2D eigenvalue weighted by Gasteiger charge is -2.23. The molecule has 1 saturated carbocycles. The van der Waals surface area contributed by atoms with Crippen molar-refractivity contribution in [2.75, 3.05) is 13.1 Å². The van der Waals surface area contributed by atoms with Crippen LogP contribution >= 0.6 is 0 Å². The number of aromatic amines is 1. The molecule has 0 bridgehead atoms. The average Bonchev–Trinajstić information content (AvgIpc) is 3.59. The van der Waals surface area contributed by atoms with Crippen molar-refractivity contribution in [3.05, 3.63) is 81.0 Å². The molecule has 3 heterocycles. The molecule has 160 valence electrons. The molecule has 1 aliphatic carbocycles. The zero-order valence-corrected chi connectivity index (χ0v) is 17.6. The van der Waals surface area contributed by atoms with Crippen LogP contribution in [0.4, 0.5) is 0 Å². The summed E-state index contributed by atoms with van der Waals surface area (Å²) in [4.78, 5) is 28.0. The van der Waals surface area contributed by atoms with Crippen molar-refractivity contribution in [3.63, 3.8) is 0 Å². The van der Waals surface area contributed by atoms with Crippen LogP contribution in [0.5, 0.6) is 5.75 Å². The van der Waals surface area contributed by atoms with Gasteiger partial charge in [0.1, 0.15) is 6.61 Å². The molecule has 7 nitrogen and oxygen atoms in total. The molecule has 1 fully saturated rings. The standard InChI is InChI=1S/C24H26N4O3/c1-27-12-11-20(29)23(31-15-16-5-3-2-4-6-16)22(27)24(30)28-13-9-18-19(10-14-28)25-26-21(18)17-7-8-17/h2-6,11-12,17H,7-10,13-15H2,1H3,(H,25,26). The Hall–Kier alpha value is -3.35. The lowest BCUT2D eigenvalue weighted by Crippen LogP contribution is -2.36. The molecule has 3 aromatic rings. The second-order valence-corrected chi connectivity index (χ2v) is 8.38. The third-order valence-corrected chi connectivity index (χ3v) is 6.17. The van der Waals surface area contributed by atoms with Gasteiger partial charge in [0.05, 0.1) is 5.69 Å². The Morgan fingerprint density at radius 1 is 1.16 bits per heavy atom. The fraction of sp³-hybridized carbons (Fsp3) is 0.375. The normalized spacial score (nSPS) is 16.0. The Kier molecular flexibility index (Phi) is 5.10. The molecular weight excluding hydrogens is 392 g/mol. The van der Waals surface area contributed by atoms with Gasteiger partial charge in [-0.2, -0.15) is 5.10 Å². The van der Waals surface area contributed by atoms with Crippen LogP contribution < -0.4 is 10.2 Å². The number of hydrogen-bond acceptors (Lipinski definition) is 4. The van der Waals surface area contributed by atoms with E-state index in [-0.39, 0.29) is 23.7 Å². The smallest absolute Gasteiger partial charge is 0.274 e. The number of nitrogens with one attached hydrogen (secondary N) is 1. The Bertz CT molecular complexity index is 1160. The van der Waals surface area contributed by atoms with Crippen LogP contribution in [0.15, 0.2) is 47.4 Å². The third-order valence-electron chi connectivity index (χ3n) is 6.17. The molecule has 1 N–H and O–H groups in total. The molecule has 2 aromatic heterocycles. The molecule has 0 saturated heterocycles. The molecule has 7 heteroatoms. The predicted molar refractivity (Wildman–Crippen MR) is 116 cm³/mol. The van der Waals surface area contributed by atoms with Gasteiger partial charge in [0.25, 0.3) is 5.91 Å². The number of aryl methyl sites for hydroxylation is 1. The van der Waals surface area contributed by atoms with Crippen LogP contribution in [-0.4, -0.2) is 38.7 Å². The van der Waals surface area contributed by atoms with Crippen LogP contribution in [0, 0.1) is 0 Å². The van der Waals surface area contributed by atoms with E-state index in [1.54, 1.807) is 17.8 Å². The van der Waals surface area contributed by atoms with E-state index in [4.69, 9.17) is 4.74 Å². The van der Waals surface area contributed by atoms with E-state index in [1.807, 2.05) is 35.2 Å². The average molecular weight is 418 g/mol. The predicted octanol–water partition coefficient (Wildman–Crippen LogP) is 2.81. The summed E-state index contributed by atoms with van der Waals surface area (Å²) in [6.07, 6.45) is 5.55. The highest BCUT2D eigenvalue weighted by Crippen LogP contribution is 2.41. The van der Waals surface area contributed by atoms with Crippen LogP contribution in [0.3, 0.4) is 0 Å². The highest BCUT2D eigenvalue weighted by atomic mass is 16.5. The number of benzene rings is 1. The quantitative estimate of drug-likeness (QED) is 0.691. The van der Waals surface area contributed by atoms with Crippen LogP contribution in [-0.2, 0) is 26.5 Å². The van der Waals surface area contributed by atoms with Gasteiger partial charge in [0, 0.05) is 50.4 Å². The third kappa shape index (κ3) is 3.87. The van der Waals surface area contributed by atoms with Gasteiger partial charge >= 0.3 is 0 Å². The zero-order chi connectivity index (χ0) is 21.4. The highest BCUT2D eigenvalue weighted by molar-refractivity contribution is 5.95. The second kappa shape index (κ2) is 8.06. The van der Waals surface area contributed by atoms with E-state index in [2.05, 4.69) is 10.2 Å². The van der Waals surface area contributed by atoms with Crippen molar-refractivity contribution < 1.29 is 9.53 Å². The van der Waals surface area contributed by atoms with Crippen molar-refractivity contribution in [2.45, 2.75) is 38.2 Å². The van der Waals surface area contributed by atoms with E-state index >= 15 is 0 Å². The lowest BCUT2D eigenvalue weighted by atomic mass is 10.1. The Balaban J connectivity index is 1.38. The summed E-state index contributed by atoms with van der Waals surface area (Å²) >= 11 is 0. The number of H-pyrrole nitrogens is 1. The topological polar surface area (TPSA) is 80.2 Å². The number of carbonyl (C=O) groups is 1. The maximum Gasteiger partial charge on any atom is 0.274 e. The molecule has 2 aliphatic rings. The molecular formula is C24H26N4O3. The molecule has 0 spiro atoms. The number of amides is 1. The van der Waals surface area contributed by atoms with Gasteiger partial charge < -0.3 is 14.2 Å². The first-order chi connectivity index (χ1) is 15.1. The number of nitrogens with zero attached hydrogens (tertiary/aromatic N) is 3. The summed E-state index contributed by atoms with van der Waals surface area (Å²) in [7, 11) is 1.78. The maximum absolute atomic E-state index is 13.5. The molecule has 0 atom stereocenters. The minimum Gasteiger partial charge on any atom is -0.483 e. The van der Waals surface area contributed by atoms with Gasteiger partial charge in [0.2, 0.25) is 5.43 Å². The van der Waals surface area contributed by atoms with Crippen LogP contribution in [0.2, 0.25) is 0 Å². The Labute approximate surface area is 180 Å². The number of rotatable bonds is 5. The number of aromatic nitrogens is 3. The molecule has 0 unspecified atom stereocenters. The van der Waals surface area contributed by atoms with E-state index in [0.29, 0.717) is 24.7 Å². The van der Waals surface area contributed by atoms with Crippen molar-refractivity contribution in [1.29, 1.82) is 0 Å². The number of fused-ring (bicyclic) bond motifs is 1. The van der Waals surface area contributed by atoms with E-state index in [0.717, 1.165) is 24.1 Å². The highest BCUT2D eigenvalue weighted by Gasteiger charge is 2.32. The van der Waals surface area contributed by atoms with E-state index in [1.165, 1.54) is 30.2 Å². The molecule has 5 rings (SSSR count). The summed E-state index contributed by atoms with van der Waals surface area (Å²) in [5, 5.41) is 7.72. The molecule has 31 heavy (non-hydrogen) atoms. The van der Waals surface area contributed by atoms with Crippen molar-refractivity contribution in [2.24, 2.45) is 7.05 Å². The monoisotopic (exact) mass is 418 g/mol. The SMILES string of the molecule is Cn1ccc(=O)c(OCc2ccccc2)c1C(=O)N1CCc2[nH]nc(C3CC3)c2CC1. The summed E-state index contributed by atoms with van der Waals surface area (Å²) < 4.78 is 7.57. The molecule has 1 aliphatic heterocycles. The van der Waals surface area contributed by atoms with Crippen molar-refractivity contribution in [3.8, 4) is 5.75 Å². The Morgan fingerprint density at radius 2 is 1.94 bits per heavy atom. The zero-order valence-electron chi connectivity index (χ0n) is 17.6. The second-order valence-electron chi connectivity index (χ2n) is 8.38. The van der Waals surface area contributed by atoms with E-state index in [9.17, 15) is 9.59 Å². The molecule has 0 radical (unpaired) electrons. The summed E-state index contributed by atoms with van der Waals surface area (Å²) in [6.45, 7) is 1.42. The maximum atomic E-state index is 13.5. The van der Waals surface area contributed by atoms with Gasteiger partial charge in [-0.3, -0.25) is 14.7 Å². The number of ether oxygens (including phenoxy) is 1. The van der Waals surface area contributed by atoms with Crippen molar-refractivity contribution >= 4 is 5.91 Å². The lowest BCUT2D eigenvalue weighted by molar-refractivity contribution is 0.0746. The van der Waals surface area contributed by atoms with Gasteiger partial charge in [0.15, 0.2) is 11.4 Å². The first-order valence-electron chi connectivity index (χ1n) is 10.8. The minimum atomic E-state index is -0.280. The molecule has 1 amide bonds. The number of carbonyl (C=O) groups excluding carboxylic acids is 1. The fourth-order valence-corrected chi connectivity index (χ4v) is 4.28. The van der Waals surface area contributed by atoms with Crippen molar-refractivity contribution in [1.82, 2.24) is 19.7 Å². The molecule has 1 aromatic carbocycles. The van der Waals surface area contributed by atoms with E-state index < -0.39 is 0 Å². The Morgan fingerprint density at radius 3 is 2.71 bits per heavy atom. The summed E-state index contributed by atoms with van der Waals surface area (Å²) in [6, 6.07) is 11.1. The largest absolute Gasteiger partial charge is 0.483 e. The first-order valence-corrected chi connectivity index (χ1v) is 10.8. The van der Waals surface area contributed by atoms with Gasteiger partial charge in [-0.25, -0.2) is 0 Å². The van der Waals surface area contributed by atoms with Crippen LogP contribution in [0.25, 0.3) is 0 Å². The summed E-state index contributed by atoms with van der Waals surface area (Å²) in [5.74, 6) is 0.520. The van der Waals surface area contributed by atoms with Gasteiger partial charge in [-0.05, 0) is 30.4 Å². The van der Waals surface area contributed by atoms with Crippen LogP contribution in [0.1, 0.15) is 51.8 Å². The van der Waals surface area contributed by atoms with Gasteiger partial charge in [-0.15, -0.1) is 0 Å². The minimum absolute atomic E-state index is 0.113. The summed E-state index contributed by atoms with van der Waals surface area (Å²) in [5.41, 5.74) is 4.57. The first kappa shape index (κ1) is 19.6. The fourth-order valence-electron chi connectivity index (χ4n) is 4.28. The number of pyridine rings is 1. The number of hydrogen-bond donors (Lipinski definition) is 1.